The lowest BCUT2D eigenvalue weighted by Crippen LogP contribution is -2.34. The van der Waals surface area contributed by atoms with E-state index in [4.69, 9.17) is 11.6 Å². The highest BCUT2D eigenvalue weighted by Gasteiger charge is 2.36. The van der Waals surface area contributed by atoms with E-state index in [1.54, 1.807) is 4.90 Å². The van der Waals surface area contributed by atoms with E-state index < -0.39 is 0 Å². The molecule has 1 aliphatic rings. The SMILES string of the molecule is O=C(NCCn1ccc2ccc(Cl)cc21)C1CC(=O)N(c2n[nH]c3ccccc23)C1. The number of amides is 2. The van der Waals surface area contributed by atoms with E-state index in [-0.39, 0.29) is 24.2 Å². The molecule has 0 spiro atoms. The molecule has 1 fully saturated rings. The van der Waals surface area contributed by atoms with Crippen molar-refractivity contribution < 1.29 is 9.59 Å². The standard InChI is InChI=1S/C22H20ClN5O2/c23-16-6-5-14-7-9-27(19(14)12-16)10-8-24-22(30)15-11-20(29)28(13-15)21-17-3-1-2-4-18(17)25-26-21/h1-7,9,12,15H,8,10-11,13H2,(H,24,30)(H,25,26). The van der Waals surface area contributed by atoms with Crippen molar-refractivity contribution >= 4 is 51.0 Å². The van der Waals surface area contributed by atoms with Crippen molar-refractivity contribution in [2.45, 2.75) is 13.0 Å². The number of hydrogen-bond donors (Lipinski definition) is 2. The number of fused-ring (bicyclic) bond motifs is 2. The fourth-order valence-electron chi connectivity index (χ4n) is 4.04. The number of carbonyl (C=O) groups excluding carboxylic acids is 2. The van der Waals surface area contributed by atoms with Crippen LogP contribution in [-0.2, 0) is 16.1 Å². The van der Waals surface area contributed by atoms with Crippen LogP contribution < -0.4 is 10.2 Å². The van der Waals surface area contributed by atoms with Gasteiger partial charge in [-0.2, -0.15) is 5.10 Å². The van der Waals surface area contributed by atoms with Gasteiger partial charge in [-0.15, -0.1) is 0 Å². The van der Waals surface area contributed by atoms with Gasteiger partial charge in [0.2, 0.25) is 11.8 Å². The molecule has 0 radical (unpaired) electrons. The monoisotopic (exact) mass is 421 g/mol. The van der Waals surface area contributed by atoms with Gasteiger partial charge in [0.15, 0.2) is 5.82 Å². The highest BCUT2D eigenvalue weighted by Crippen LogP contribution is 2.29. The molecule has 0 saturated carbocycles. The van der Waals surface area contributed by atoms with Crippen LogP contribution in [0.15, 0.2) is 54.7 Å². The molecular formula is C22H20ClN5O2. The number of aromatic amines is 1. The van der Waals surface area contributed by atoms with Gasteiger partial charge in [-0.25, -0.2) is 0 Å². The predicted molar refractivity (Wildman–Crippen MR) is 117 cm³/mol. The third-order valence-corrected chi connectivity index (χ3v) is 5.82. The lowest BCUT2D eigenvalue weighted by atomic mass is 10.1. The zero-order chi connectivity index (χ0) is 20.7. The van der Waals surface area contributed by atoms with Crippen molar-refractivity contribution in [1.29, 1.82) is 0 Å². The van der Waals surface area contributed by atoms with Crippen LogP contribution >= 0.6 is 11.6 Å². The molecule has 8 heteroatoms. The minimum atomic E-state index is -0.385. The largest absolute Gasteiger partial charge is 0.354 e. The molecule has 1 aliphatic heterocycles. The van der Waals surface area contributed by atoms with Gasteiger partial charge in [0.1, 0.15) is 0 Å². The van der Waals surface area contributed by atoms with Crippen LogP contribution in [0.5, 0.6) is 0 Å². The van der Waals surface area contributed by atoms with Crippen LogP contribution in [0.1, 0.15) is 6.42 Å². The van der Waals surface area contributed by atoms with Crippen LogP contribution in [0.25, 0.3) is 21.8 Å². The lowest BCUT2D eigenvalue weighted by molar-refractivity contribution is -0.126. The number of para-hydroxylation sites is 1. The van der Waals surface area contributed by atoms with Crippen molar-refractivity contribution in [3.63, 3.8) is 0 Å². The summed E-state index contributed by atoms with van der Waals surface area (Å²) in [6.45, 7) is 1.44. The third kappa shape index (κ3) is 3.31. The van der Waals surface area contributed by atoms with Crippen LogP contribution in [0.3, 0.4) is 0 Å². The first kappa shape index (κ1) is 18.7. The van der Waals surface area contributed by atoms with Crippen molar-refractivity contribution in [1.82, 2.24) is 20.1 Å². The highest BCUT2D eigenvalue weighted by molar-refractivity contribution is 6.31. The number of anilines is 1. The first-order chi connectivity index (χ1) is 14.6. The van der Waals surface area contributed by atoms with Crippen LogP contribution in [0.4, 0.5) is 5.82 Å². The quantitative estimate of drug-likeness (QED) is 0.518. The van der Waals surface area contributed by atoms with E-state index in [1.807, 2.05) is 54.7 Å². The maximum absolute atomic E-state index is 12.7. The minimum absolute atomic E-state index is 0.0848. The van der Waals surface area contributed by atoms with Crippen molar-refractivity contribution in [3.8, 4) is 0 Å². The predicted octanol–water partition coefficient (Wildman–Crippen LogP) is 3.34. The minimum Gasteiger partial charge on any atom is -0.354 e. The summed E-state index contributed by atoms with van der Waals surface area (Å²) in [5, 5.41) is 12.9. The second-order valence-electron chi connectivity index (χ2n) is 7.50. The topological polar surface area (TPSA) is 83.0 Å². The molecule has 0 aliphatic carbocycles. The normalized spacial score (nSPS) is 16.6. The van der Waals surface area contributed by atoms with Gasteiger partial charge < -0.3 is 9.88 Å². The van der Waals surface area contributed by atoms with Gasteiger partial charge in [-0.05, 0) is 35.7 Å². The number of hydrogen-bond acceptors (Lipinski definition) is 3. The van der Waals surface area contributed by atoms with Crippen molar-refractivity contribution in [2.24, 2.45) is 5.92 Å². The van der Waals surface area contributed by atoms with E-state index >= 15 is 0 Å². The summed E-state index contributed by atoms with van der Waals surface area (Å²) in [6, 6.07) is 15.4. The van der Waals surface area contributed by atoms with Crippen LogP contribution in [-0.4, -0.2) is 39.7 Å². The first-order valence-corrected chi connectivity index (χ1v) is 10.2. The molecule has 1 atom stereocenters. The Hall–Kier alpha value is -3.32. The Morgan fingerprint density at radius 2 is 2.10 bits per heavy atom. The number of carbonyl (C=O) groups is 2. The third-order valence-electron chi connectivity index (χ3n) is 5.59. The smallest absolute Gasteiger partial charge is 0.229 e. The molecule has 2 aromatic carbocycles. The highest BCUT2D eigenvalue weighted by atomic mass is 35.5. The van der Waals surface area contributed by atoms with E-state index in [0.29, 0.717) is 30.5 Å². The molecule has 3 heterocycles. The molecular weight excluding hydrogens is 402 g/mol. The zero-order valence-electron chi connectivity index (χ0n) is 16.1. The molecule has 1 saturated heterocycles. The van der Waals surface area contributed by atoms with Crippen LogP contribution in [0, 0.1) is 5.92 Å². The Bertz CT molecular complexity index is 1260. The molecule has 2 N–H and O–H groups in total. The number of rotatable bonds is 5. The lowest BCUT2D eigenvalue weighted by Gasteiger charge is -2.14. The molecule has 2 aromatic heterocycles. The van der Waals surface area contributed by atoms with E-state index in [9.17, 15) is 9.59 Å². The summed E-state index contributed by atoms with van der Waals surface area (Å²) in [5.41, 5.74) is 1.90. The summed E-state index contributed by atoms with van der Waals surface area (Å²) in [5.74, 6) is 0.00374. The Balaban J connectivity index is 1.23. The maximum atomic E-state index is 12.7. The fourth-order valence-corrected chi connectivity index (χ4v) is 4.20. The summed E-state index contributed by atoms with van der Waals surface area (Å²) < 4.78 is 2.06. The summed E-state index contributed by atoms with van der Waals surface area (Å²) in [4.78, 5) is 26.8. The molecule has 30 heavy (non-hydrogen) atoms. The molecule has 2 amide bonds. The summed E-state index contributed by atoms with van der Waals surface area (Å²) in [6.07, 6.45) is 2.17. The maximum Gasteiger partial charge on any atom is 0.229 e. The molecule has 152 valence electrons. The summed E-state index contributed by atoms with van der Waals surface area (Å²) in [7, 11) is 0. The van der Waals surface area contributed by atoms with Gasteiger partial charge in [0.25, 0.3) is 0 Å². The average Bonchev–Trinajstić information content (AvgIpc) is 3.44. The van der Waals surface area contributed by atoms with Gasteiger partial charge in [0, 0.05) is 48.2 Å². The number of aromatic nitrogens is 3. The molecule has 0 bridgehead atoms. The van der Waals surface area contributed by atoms with Crippen molar-refractivity contribution in [3.05, 3.63) is 59.8 Å². The average molecular weight is 422 g/mol. The van der Waals surface area contributed by atoms with E-state index in [1.165, 1.54) is 0 Å². The van der Waals surface area contributed by atoms with Crippen molar-refractivity contribution in [2.75, 3.05) is 18.0 Å². The van der Waals surface area contributed by atoms with Crippen LogP contribution in [0.2, 0.25) is 5.02 Å². The van der Waals surface area contributed by atoms with Gasteiger partial charge in [-0.1, -0.05) is 29.8 Å². The zero-order valence-corrected chi connectivity index (χ0v) is 16.9. The second-order valence-corrected chi connectivity index (χ2v) is 7.94. The molecule has 7 nitrogen and oxygen atoms in total. The Labute approximate surface area is 177 Å². The van der Waals surface area contributed by atoms with Gasteiger partial charge in [0.05, 0.1) is 11.4 Å². The van der Waals surface area contributed by atoms with Gasteiger partial charge >= 0.3 is 0 Å². The number of halogens is 1. The van der Waals surface area contributed by atoms with E-state index in [2.05, 4.69) is 20.1 Å². The first-order valence-electron chi connectivity index (χ1n) is 9.86. The molecule has 5 rings (SSSR count). The Morgan fingerprint density at radius 3 is 3.00 bits per heavy atom. The number of H-pyrrole nitrogens is 1. The Kier molecular flexibility index (Phi) is 4.67. The fraction of sp³-hybridized carbons (Fsp3) is 0.227. The molecule has 1 unspecified atom stereocenters. The second kappa shape index (κ2) is 7.50. The van der Waals surface area contributed by atoms with Gasteiger partial charge in [-0.3, -0.25) is 19.6 Å². The molecule has 4 aromatic rings. The number of nitrogens with one attached hydrogen (secondary N) is 2. The number of benzene rings is 2. The van der Waals surface area contributed by atoms with E-state index in [0.717, 1.165) is 21.8 Å². The number of nitrogens with zero attached hydrogens (tertiary/aromatic N) is 3. The summed E-state index contributed by atoms with van der Waals surface area (Å²) >= 11 is 6.10. The Morgan fingerprint density at radius 1 is 1.23 bits per heavy atom.